The second kappa shape index (κ2) is 7.67. The highest BCUT2D eigenvalue weighted by Crippen LogP contribution is 2.41. The molecule has 1 saturated carbocycles. The van der Waals surface area contributed by atoms with Crippen LogP contribution in [0.15, 0.2) is 0 Å². The molecule has 1 aliphatic carbocycles. The van der Waals surface area contributed by atoms with Gasteiger partial charge >= 0.3 is 6.03 Å². The number of nitrogens with one attached hydrogen (secondary N) is 2. The molecular weight excluding hydrogens is 352 g/mol. The van der Waals surface area contributed by atoms with Gasteiger partial charge in [-0.1, -0.05) is 19.3 Å². The quantitative estimate of drug-likeness (QED) is 0.388. The molecular formula is C18H26N4O5. The van der Waals surface area contributed by atoms with E-state index in [4.69, 9.17) is 0 Å². The zero-order valence-electron chi connectivity index (χ0n) is 15.7. The van der Waals surface area contributed by atoms with Crippen molar-refractivity contribution in [3.8, 4) is 0 Å². The molecule has 27 heavy (non-hydrogen) atoms. The normalized spacial score (nSPS) is 20.5. The van der Waals surface area contributed by atoms with Crippen molar-refractivity contribution in [3.63, 3.8) is 0 Å². The first-order valence-electron chi connectivity index (χ1n) is 9.42. The number of carbonyl (C=O) groups excluding carboxylic acids is 3. The molecule has 9 heteroatoms. The first-order chi connectivity index (χ1) is 12.9. The molecule has 0 aromatic carbocycles. The Morgan fingerprint density at radius 3 is 2.30 bits per heavy atom. The summed E-state index contributed by atoms with van der Waals surface area (Å²) in [5.41, 5.74) is 1.18. The van der Waals surface area contributed by atoms with Gasteiger partial charge in [-0.25, -0.2) is 14.1 Å². The number of rotatable bonds is 5. The summed E-state index contributed by atoms with van der Waals surface area (Å²) in [6.07, 6.45) is 4.62. The van der Waals surface area contributed by atoms with Crippen LogP contribution in [0, 0.1) is 30.9 Å². The maximum absolute atomic E-state index is 13.0. The summed E-state index contributed by atoms with van der Waals surface area (Å²) in [5.74, 6) is -2.87. The number of urea groups is 1. The Morgan fingerprint density at radius 2 is 1.74 bits per heavy atom. The van der Waals surface area contributed by atoms with E-state index in [2.05, 4.69) is 10.6 Å². The zero-order valence-corrected chi connectivity index (χ0v) is 15.7. The number of carbonyl (C=O) groups is 3. The molecule has 1 unspecified atom stereocenters. The van der Waals surface area contributed by atoms with Gasteiger partial charge in [0.2, 0.25) is 11.8 Å². The summed E-state index contributed by atoms with van der Waals surface area (Å²) in [6.45, 7) is 3.50. The summed E-state index contributed by atoms with van der Waals surface area (Å²) in [4.78, 5) is 36.7. The molecule has 0 spiro atoms. The van der Waals surface area contributed by atoms with E-state index in [0.29, 0.717) is 17.2 Å². The number of imidazole rings is 1. The number of hydrogen-bond acceptors (Lipinski definition) is 5. The van der Waals surface area contributed by atoms with E-state index in [1.165, 1.54) is 0 Å². The number of hydrogen-bond donors (Lipinski definition) is 3. The molecule has 1 atom stereocenters. The van der Waals surface area contributed by atoms with Gasteiger partial charge in [0.15, 0.2) is 0 Å². The Hall–Kier alpha value is -2.42. The number of amides is 4. The van der Waals surface area contributed by atoms with Crippen LogP contribution in [-0.4, -0.2) is 34.1 Å². The van der Waals surface area contributed by atoms with Crippen LogP contribution in [0.25, 0.3) is 0 Å². The van der Waals surface area contributed by atoms with Crippen molar-refractivity contribution in [2.45, 2.75) is 58.4 Å². The molecule has 0 radical (unpaired) electrons. The van der Waals surface area contributed by atoms with E-state index < -0.39 is 29.7 Å². The molecule has 4 amide bonds. The Morgan fingerprint density at radius 1 is 1.15 bits per heavy atom. The second-order valence-corrected chi connectivity index (χ2v) is 7.41. The van der Waals surface area contributed by atoms with Gasteiger partial charge in [-0.3, -0.25) is 20.2 Å². The van der Waals surface area contributed by atoms with Crippen LogP contribution in [0.2, 0.25) is 0 Å². The lowest BCUT2D eigenvalue weighted by atomic mass is 9.72. The minimum Gasteiger partial charge on any atom is -0.711 e. The summed E-state index contributed by atoms with van der Waals surface area (Å²) in [5, 5.41) is 26.8. The van der Waals surface area contributed by atoms with Gasteiger partial charge in [-0.05, 0) is 18.8 Å². The lowest BCUT2D eigenvalue weighted by molar-refractivity contribution is -0.623. The van der Waals surface area contributed by atoms with Crippen LogP contribution >= 0.6 is 0 Å². The lowest BCUT2D eigenvalue weighted by Crippen LogP contribution is -2.59. The third kappa shape index (κ3) is 3.43. The van der Waals surface area contributed by atoms with Crippen molar-refractivity contribution >= 4 is 17.8 Å². The molecule has 9 nitrogen and oxygen atoms in total. The summed E-state index contributed by atoms with van der Waals surface area (Å²) < 4.78 is 2.49. The number of imide groups is 2. The summed E-state index contributed by atoms with van der Waals surface area (Å²) in [7, 11) is 0. The van der Waals surface area contributed by atoms with Crippen molar-refractivity contribution in [1.29, 1.82) is 0 Å². The Bertz CT molecular complexity index is 746. The topological polar surface area (TPSA) is 127 Å². The van der Waals surface area contributed by atoms with Gasteiger partial charge < -0.3 is 10.3 Å². The van der Waals surface area contributed by atoms with Gasteiger partial charge in [-0.2, -0.15) is 0 Å². The molecule has 3 rings (SSSR count). The fourth-order valence-electron chi connectivity index (χ4n) is 4.47. The lowest BCUT2D eigenvalue weighted by Gasteiger charge is -2.34. The molecule has 0 bridgehead atoms. The summed E-state index contributed by atoms with van der Waals surface area (Å²) in [6, 6.07) is -0.836. The Labute approximate surface area is 157 Å². The smallest absolute Gasteiger partial charge is 0.328 e. The van der Waals surface area contributed by atoms with Crippen molar-refractivity contribution in [3.05, 3.63) is 22.4 Å². The number of aliphatic hydroxyl groups excluding tert-OH is 1. The molecule has 2 heterocycles. The van der Waals surface area contributed by atoms with E-state index in [0.717, 1.165) is 36.8 Å². The number of nitrogens with zero attached hydrogens (tertiary/aromatic N) is 2. The van der Waals surface area contributed by atoms with Crippen LogP contribution in [0.3, 0.4) is 0 Å². The highest BCUT2D eigenvalue weighted by molar-refractivity contribution is 6.16. The molecule has 1 aromatic rings. The number of barbiturate groups is 1. The van der Waals surface area contributed by atoms with Crippen LogP contribution in [-0.2, 0) is 16.1 Å². The molecule has 2 aliphatic rings. The van der Waals surface area contributed by atoms with Crippen molar-refractivity contribution in [1.82, 2.24) is 15.2 Å². The third-order valence-corrected chi connectivity index (χ3v) is 5.89. The van der Waals surface area contributed by atoms with Crippen LogP contribution < -0.4 is 15.4 Å². The summed E-state index contributed by atoms with van der Waals surface area (Å²) >= 11 is 0. The van der Waals surface area contributed by atoms with E-state index in [-0.39, 0.29) is 19.1 Å². The first kappa shape index (κ1) is 19.3. The largest absolute Gasteiger partial charge is 0.711 e. The Kier molecular flexibility index (Phi) is 5.50. The van der Waals surface area contributed by atoms with E-state index in [1.807, 2.05) is 0 Å². The van der Waals surface area contributed by atoms with Gasteiger partial charge in [-0.15, -0.1) is 0 Å². The maximum Gasteiger partial charge on any atom is 0.328 e. The van der Waals surface area contributed by atoms with E-state index in [1.54, 1.807) is 18.4 Å². The highest BCUT2D eigenvalue weighted by Gasteiger charge is 2.49. The van der Waals surface area contributed by atoms with Crippen molar-refractivity contribution < 1.29 is 24.2 Å². The van der Waals surface area contributed by atoms with Gasteiger partial charge in [0.1, 0.15) is 23.9 Å². The van der Waals surface area contributed by atoms with Gasteiger partial charge in [0.25, 0.3) is 5.82 Å². The van der Waals surface area contributed by atoms with Gasteiger partial charge in [0.05, 0.1) is 12.5 Å². The third-order valence-electron chi connectivity index (χ3n) is 5.89. The minimum absolute atomic E-state index is 0.0280. The monoisotopic (exact) mass is 378 g/mol. The standard InChI is InChI=1S/C18H26N4O5/c1-10-11(2)22(27)17(21(10)8-9-23)13(12-6-4-3-5-7-12)14-15(24)19-18(26)20-16(14)25/h12-14,23H,3-9H2,1-2H3,(H2,19,20,24,25,26). The average Bonchev–Trinajstić information content (AvgIpc) is 2.83. The average molecular weight is 378 g/mol. The first-order valence-corrected chi connectivity index (χ1v) is 9.42. The van der Waals surface area contributed by atoms with E-state index in [9.17, 15) is 24.7 Å². The van der Waals surface area contributed by atoms with Crippen LogP contribution in [0.4, 0.5) is 4.79 Å². The maximum atomic E-state index is 13.0. The molecule has 1 aromatic heterocycles. The second-order valence-electron chi connectivity index (χ2n) is 7.41. The van der Waals surface area contributed by atoms with Crippen molar-refractivity contribution in [2.24, 2.45) is 11.8 Å². The molecule has 1 aliphatic heterocycles. The van der Waals surface area contributed by atoms with Crippen LogP contribution in [0.5, 0.6) is 0 Å². The Balaban J connectivity index is 2.14. The fourth-order valence-corrected chi connectivity index (χ4v) is 4.47. The van der Waals surface area contributed by atoms with Crippen molar-refractivity contribution in [2.75, 3.05) is 6.61 Å². The molecule has 3 N–H and O–H groups in total. The predicted molar refractivity (Wildman–Crippen MR) is 94.4 cm³/mol. The molecule has 1 saturated heterocycles. The minimum atomic E-state index is -1.16. The highest BCUT2D eigenvalue weighted by atomic mass is 16.5. The fraction of sp³-hybridized carbons (Fsp3) is 0.667. The zero-order chi connectivity index (χ0) is 19.7. The molecule has 2 fully saturated rings. The predicted octanol–water partition coefficient (Wildman–Crippen LogP) is 0.377. The van der Waals surface area contributed by atoms with Gasteiger partial charge in [0, 0.05) is 13.8 Å². The SMILES string of the molecule is Cc1c(C)[n+]([O-])c(C(C2CCCCC2)C2C(=O)NC(=O)NC2=O)n1CCO. The van der Waals surface area contributed by atoms with E-state index >= 15 is 0 Å². The molecule has 148 valence electrons. The van der Waals surface area contributed by atoms with Crippen LogP contribution in [0.1, 0.15) is 55.2 Å². The number of aromatic nitrogens is 2. The number of aliphatic hydroxyl groups is 1.